The van der Waals surface area contributed by atoms with Crippen LogP contribution in [0.15, 0.2) is 42.5 Å². The Hall–Kier alpha value is -3.59. The van der Waals surface area contributed by atoms with Gasteiger partial charge < -0.3 is 19.7 Å². The van der Waals surface area contributed by atoms with Crippen LogP contribution in [0.1, 0.15) is 16.1 Å². The number of carbonyl (C=O) groups excluding carboxylic acids is 1. The van der Waals surface area contributed by atoms with E-state index in [1.165, 1.54) is 5.56 Å². The first-order chi connectivity index (χ1) is 15.6. The maximum absolute atomic E-state index is 12.9. The van der Waals surface area contributed by atoms with Crippen molar-refractivity contribution in [3.63, 3.8) is 0 Å². The number of ether oxygens (including phenoxy) is 2. The monoisotopic (exact) mass is 447 g/mol. The van der Waals surface area contributed by atoms with Crippen molar-refractivity contribution in [1.29, 1.82) is 0 Å². The van der Waals surface area contributed by atoms with Crippen molar-refractivity contribution in [3.05, 3.63) is 58.6 Å². The van der Waals surface area contributed by atoms with Crippen LogP contribution in [0.3, 0.4) is 0 Å². The second kappa shape index (κ2) is 7.52. The van der Waals surface area contributed by atoms with Crippen LogP contribution in [-0.2, 0) is 13.0 Å². The summed E-state index contributed by atoms with van der Waals surface area (Å²) in [5, 5.41) is 7.71. The lowest BCUT2D eigenvalue weighted by molar-refractivity contribution is 0.171. The van der Waals surface area contributed by atoms with Crippen LogP contribution in [0.2, 0.25) is 0 Å². The van der Waals surface area contributed by atoms with Crippen LogP contribution in [0.4, 0.5) is 10.5 Å². The number of hydrogen-bond donors (Lipinski definition) is 1. The molecule has 4 heterocycles. The van der Waals surface area contributed by atoms with Gasteiger partial charge in [0.25, 0.3) is 0 Å². The number of carbonyl (C=O) groups is 1. The zero-order chi connectivity index (χ0) is 21.7. The molecule has 0 spiro atoms. The SMILES string of the molecule is Cc1ccc(-c2nc3sc4c(n3n2)CCN(C(=O)Nc2ccc3c(c2)OCCO3)C4)cc1. The summed E-state index contributed by atoms with van der Waals surface area (Å²) in [6.45, 7) is 4.28. The molecule has 2 aromatic carbocycles. The molecule has 8 nitrogen and oxygen atoms in total. The van der Waals surface area contributed by atoms with E-state index in [2.05, 4.69) is 24.4 Å². The fourth-order valence-electron chi connectivity index (χ4n) is 4.01. The van der Waals surface area contributed by atoms with E-state index < -0.39 is 0 Å². The van der Waals surface area contributed by atoms with E-state index in [1.807, 2.05) is 33.7 Å². The third-order valence-electron chi connectivity index (χ3n) is 5.71. The Kier molecular flexibility index (Phi) is 4.50. The summed E-state index contributed by atoms with van der Waals surface area (Å²) in [5.74, 6) is 2.10. The van der Waals surface area contributed by atoms with E-state index in [9.17, 15) is 4.79 Å². The molecule has 2 aromatic heterocycles. The highest BCUT2D eigenvalue weighted by molar-refractivity contribution is 7.17. The van der Waals surface area contributed by atoms with Gasteiger partial charge in [-0.3, -0.25) is 0 Å². The third kappa shape index (κ3) is 3.34. The lowest BCUT2D eigenvalue weighted by Gasteiger charge is -2.27. The fraction of sp³-hybridized carbons (Fsp3) is 0.261. The van der Waals surface area contributed by atoms with Gasteiger partial charge >= 0.3 is 6.03 Å². The quantitative estimate of drug-likeness (QED) is 0.500. The molecule has 6 rings (SSSR count). The van der Waals surface area contributed by atoms with Crippen molar-refractivity contribution in [2.75, 3.05) is 25.1 Å². The van der Waals surface area contributed by atoms with Crippen molar-refractivity contribution in [3.8, 4) is 22.9 Å². The maximum Gasteiger partial charge on any atom is 0.322 e. The average Bonchev–Trinajstić information content (AvgIpc) is 3.37. The van der Waals surface area contributed by atoms with Crippen LogP contribution in [-0.4, -0.2) is 45.3 Å². The highest BCUT2D eigenvalue weighted by Gasteiger charge is 2.26. The third-order valence-corrected chi connectivity index (χ3v) is 6.77. The highest BCUT2D eigenvalue weighted by atomic mass is 32.1. The first kappa shape index (κ1) is 19.1. The maximum atomic E-state index is 12.9. The molecule has 0 unspecified atom stereocenters. The molecule has 0 aliphatic carbocycles. The summed E-state index contributed by atoms with van der Waals surface area (Å²) in [7, 11) is 0. The van der Waals surface area contributed by atoms with Gasteiger partial charge in [-0.15, -0.1) is 5.10 Å². The molecule has 0 saturated heterocycles. The van der Waals surface area contributed by atoms with Gasteiger partial charge in [0.2, 0.25) is 4.96 Å². The Labute approximate surface area is 188 Å². The Morgan fingerprint density at radius 1 is 1.09 bits per heavy atom. The van der Waals surface area contributed by atoms with Gasteiger partial charge in [-0.2, -0.15) is 4.98 Å². The van der Waals surface area contributed by atoms with Gasteiger partial charge in [0.05, 0.1) is 12.2 Å². The standard InChI is InChI=1S/C23H21N5O3S/c1-14-2-4-15(5-3-14)21-25-23-28(26-21)17-8-9-27(13-20(17)32-23)22(29)24-16-6-7-18-19(12-16)31-11-10-30-18/h2-7,12H,8-11,13H2,1H3,(H,24,29). The number of anilines is 1. The minimum absolute atomic E-state index is 0.133. The van der Waals surface area contributed by atoms with E-state index in [0.717, 1.165) is 33.3 Å². The van der Waals surface area contributed by atoms with E-state index in [1.54, 1.807) is 17.4 Å². The van der Waals surface area contributed by atoms with Gasteiger partial charge in [0.1, 0.15) is 13.2 Å². The molecule has 0 bridgehead atoms. The molecule has 2 amide bonds. The molecule has 0 fully saturated rings. The number of nitrogens with zero attached hydrogens (tertiary/aromatic N) is 4. The number of rotatable bonds is 2. The van der Waals surface area contributed by atoms with E-state index in [-0.39, 0.29) is 6.03 Å². The number of aryl methyl sites for hydroxylation is 1. The zero-order valence-corrected chi connectivity index (χ0v) is 18.3. The van der Waals surface area contributed by atoms with Crippen molar-refractivity contribution in [2.24, 2.45) is 0 Å². The molecular weight excluding hydrogens is 426 g/mol. The van der Waals surface area contributed by atoms with Gasteiger partial charge in [-0.05, 0) is 19.1 Å². The number of urea groups is 1. The predicted octanol–water partition coefficient (Wildman–Crippen LogP) is 4.13. The fourth-order valence-corrected chi connectivity index (χ4v) is 5.13. The Morgan fingerprint density at radius 2 is 1.91 bits per heavy atom. The molecule has 1 N–H and O–H groups in total. The Balaban J connectivity index is 1.19. The van der Waals surface area contributed by atoms with Crippen LogP contribution in [0.25, 0.3) is 16.3 Å². The molecule has 2 aliphatic heterocycles. The lowest BCUT2D eigenvalue weighted by atomic mass is 10.1. The summed E-state index contributed by atoms with van der Waals surface area (Å²) in [6.07, 6.45) is 0.737. The minimum Gasteiger partial charge on any atom is -0.486 e. The number of nitrogens with one attached hydrogen (secondary N) is 1. The number of fused-ring (bicyclic) bond motifs is 4. The van der Waals surface area contributed by atoms with Crippen LogP contribution in [0, 0.1) is 6.92 Å². The van der Waals surface area contributed by atoms with E-state index >= 15 is 0 Å². The van der Waals surface area contributed by atoms with Crippen molar-refractivity contribution < 1.29 is 14.3 Å². The van der Waals surface area contributed by atoms with Crippen molar-refractivity contribution >= 4 is 28.0 Å². The molecular formula is C23H21N5O3S. The van der Waals surface area contributed by atoms with Crippen LogP contribution < -0.4 is 14.8 Å². The molecule has 4 aromatic rings. The van der Waals surface area contributed by atoms with Gasteiger partial charge in [0.15, 0.2) is 17.3 Å². The van der Waals surface area contributed by atoms with Crippen LogP contribution >= 0.6 is 11.3 Å². The molecule has 32 heavy (non-hydrogen) atoms. The van der Waals surface area contributed by atoms with Crippen LogP contribution in [0.5, 0.6) is 11.5 Å². The van der Waals surface area contributed by atoms with Gasteiger partial charge in [0, 0.05) is 35.2 Å². The molecule has 0 atom stereocenters. The number of aromatic nitrogens is 3. The van der Waals surface area contributed by atoms with Crippen molar-refractivity contribution in [2.45, 2.75) is 19.9 Å². The Morgan fingerprint density at radius 3 is 2.75 bits per heavy atom. The molecule has 2 aliphatic rings. The van der Waals surface area contributed by atoms with Gasteiger partial charge in [-0.25, -0.2) is 9.31 Å². The molecule has 0 saturated carbocycles. The summed E-state index contributed by atoms with van der Waals surface area (Å²) >= 11 is 1.60. The summed E-state index contributed by atoms with van der Waals surface area (Å²) in [4.78, 5) is 21.4. The largest absolute Gasteiger partial charge is 0.486 e. The lowest BCUT2D eigenvalue weighted by Crippen LogP contribution is -2.38. The summed E-state index contributed by atoms with van der Waals surface area (Å²) in [6, 6.07) is 13.6. The first-order valence-electron chi connectivity index (χ1n) is 10.5. The highest BCUT2D eigenvalue weighted by Crippen LogP contribution is 2.33. The molecule has 0 radical (unpaired) electrons. The average molecular weight is 448 g/mol. The topological polar surface area (TPSA) is 81.0 Å². The second-order valence-corrected chi connectivity index (χ2v) is 8.99. The normalized spacial score (nSPS) is 15.0. The number of thiazole rings is 1. The molecule has 162 valence electrons. The number of hydrogen-bond acceptors (Lipinski definition) is 6. The number of amides is 2. The molecule has 9 heteroatoms. The van der Waals surface area contributed by atoms with Crippen molar-refractivity contribution in [1.82, 2.24) is 19.5 Å². The smallest absolute Gasteiger partial charge is 0.322 e. The van der Waals surface area contributed by atoms with E-state index in [0.29, 0.717) is 43.5 Å². The Bertz CT molecular complexity index is 1330. The van der Waals surface area contributed by atoms with Gasteiger partial charge in [-0.1, -0.05) is 41.2 Å². The number of benzene rings is 2. The minimum atomic E-state index is -0.133. The first-order valence-corrected chi connectivity index (χ1v) is 11.4. The van der Waals surface area contributed by atoms with E-state index in [4.69, 9.17) is 19.6 Å². The zero-order valence-electron chi connectivity index (χ0n) is 17.5. The summed E-state index contributed by atoms with van der Waals surface area (Å²) < 4.78 is 13.1. The summed E-state index contributed by atoms with van der Waals surface area (Å²) in [5.41, 5.74) is 4.05. The second-order valence-electron chi connectivity index (χ2n) is 7.93. The predicted molar refractivity (Wildman–Crippen MR) is 122 cm³/mol.